The molecule has 1 aromatic rings. The molecular formula is C16H27N3O2. The summed E-state index contributed by atoms with van der Waals surface area (Å²) < 4.78 is 11.2. The monoisotopic (exact) mass is 293 g/mol. The van der Waals surface area contributed by atoms with Crippen molar-refractivity contribution in [2.24, 2.45) is 11.8 Å². The first kappa shape index (κ1) is 15.0. The summed E-state index contributed by atoms with van der Waals surface area (Å²) in [6.45, 7) is 2.20. The number of hydrogen-bond donors (Lipinski definition) is 1. The first-order valence-electron chi connectivity index (χ1n) is 8.43. The molecule has 21 heavy (non-hydrogen) atoms. The standard InChI is InChI=1S/C16H27N3O2/c1-20-15(13-7-3-2-4-8-13)16-18-14(21-19-16)10-12-6-5-9-17-11-12/h12-13,15,17H,2-11H2,1H3. The van der Waals surface area contributed by atoms with E-state index >= 15 is 0 Å². The fourth-order valence-corrected chi connectivity index (χ4v) is 3.76. The normalized spacial score (nSPS) is 25.9. The Bertz CT molecular complexity index is 423. The summed E-state index contributed by atoms with van der Waals surface area (Å²) >= 11 is 0. The molecule has 0 amide bonds. The van der Waals surface area contributed by atoms with Crippen LogP contribution in [0.25, 0.3) is 0 Å². The molecule has 1 N–H and O–H groups in total. The van der Waals surface area contributed by atoms with Gasteiger partial charge in [0.2, 0.25) is 11.7 Å². The molecule has 2 fully saturated rings. The minimum atomic E-state index is 0.00674. The molecule has 2 atom stereocenters. The van der Waals surface area contributed by atoms with E-state index in [4.69, 9.17) is 9.26 Å². The predicted octanol–water partition coefficient (Wildman–Crippen LogP) is 2.88. The van der Waals surface area contributed by atoms with Crippen LogP contribution in [0.3, 0.4) is 0 Å². The third-order valence-electron chi connectivity index (χ3n) is 4.93. The Balaban J connectivity index is 1.61. The molecule has 1 saturated carbocycles. The minimum Gasteiger partial charge on any atom is -0.373 e. The average Bonchev–Trinajstić information content (AvgIpc) is 2.98. The predicted molar refractivity (Wildman–Crippen MR) is 79.9 cm³/mol. The van der Waals surface area contributed by atoms with Crippen LogP contribution in [0.1, 0.15) is 62.8 Å². The molecule has 1 aliphatic carbocycles. The van der Waals surface area contributed by atoms with Gasteiger partial charge in [-0.1, -0.05) is 24.4 Å². The summed E-state index contributed by atoms with van der Waals surface area (Å²) in [4.78, 5) is 4.62. The third-order valence-corrected chi connectivity index (χ3v) is 4.93. The van der Waals surface area contributed by atoms with E-state index in [0.29, 0.717) is 11.8 Å². The molecule has 2 unspecified atom stereocenters. The van der Waals surface area contributed by atoms with Gasteiger partial charge in [0.1, 0.15) is 6.10 Å². The fourth-order valence-electron chi connectivity index (χ4n) is 3.76. The van der Waals surface area contributed by atoms with Crippen LogP contribution >= 0.6 is 0 Å². The molecule has 2 aliphatic rings. The number of piperidine rings is 1. The lowest BCUT2D eigenvalue weighted by atomic mass is 9.85. The molecule has 3 rings (SSSR count). The lowest BCUT2D eigenvalue weighted by molar-refractivity contribution is 0.0273. The third kappa shape index (κ3) is 3.83. The number of nitrogens with zero attached hydrogens (tertiary/aromatic N) is 2. The molecule has 5 nitrogen and oxygen atoms in total. The van der Waals surface area contributed by atoms with Crippen LogP contribution < -0.4 is 5.32 Å². The molecule has 1 aromatic heterocycles. The van der Waals surface area contributed by atoms with Gasteiger partial charge >= 0.3 is 0 Å². The number of methoxy groups -OCH3 is 1. The van der Waals surface area contributed by atoms with E-state index in [9.17, 15) is 0 Å². The van der Waals surface area contributed by atoms with Crippen molar-refractivity contribution in [3.8, 4) is 0 Å². The Labute approximate surface area is 126 Å². The van der Waals surface area contributed by atoms with Crippen LogP contribution in [0.5, 0.6) is 0 Å². The molecule has 2 heterocycles. The van der Waals surface area contributed by atoms with Crippen molar-refractivity contribution >= 4 is 0 Å². The maximum absolute atomic E-state index is 5.68. The number of aromatic nitrogens is 2. The molecule has 0 spiro atoms. The van der Waals surface area contributed by atoms with E-state index in [0.717, 1.165) is 31.2 Å². The van der Waals surface area contributed by atoms with E-state index in [1.807, 2.05) is 0 Å². The summed E-state index contributed by atoms with van der Waals surface area (Å²) in [5, 5.41) is 7.63. The van der Waals surface area contributed by atoms with E-state index in [1.54, 1.807) is 7.11 Å². The van der Waals surface area contributed by atoms with Crippen LogP contribution in [0.15, 0.2) is 4.52 Å². The highest BCUT2D eigenvalue weighted by atomic mass is 16.5. The first-order valence-corrected chi connectivity index (χ1v) is 8.43. The Morgan fingerprint density at radius 1 is 1.24 bits per heavy atom. The number of rotatable bonds is 5. The Hall–Kier alpha value is -0.940. The van der Waals surface area contributed by atoms with Crippen LogP contribution in [0.4, 0.5) is 0 Å². The van der Waals surface area contributed by atoms with Crippen molar-refractivity contribution in [2.45, 2.75) is 57.5 Å². The smallest absolute Gasteiger partial charge is 0.227 e. The van der Waals surface area contributed by atoms with Crippen LogP contribution in [-0.2, 0) is 11.2 Å². The van der Waals surface area contributed by atoms with E-state index in [1.165, 1.54) is 44.9 Å². The van der Waals surface area contributed by atoms with Gasteiger partial charge in [0.05, 0.1) is 0 Å². The summed E-state index contributed by atoms with van der Waals surface area (Å²) in [6.07, 6.45) is 9.76. The van der Waals surface area contributed by atoms with Crippen molar-refractivity contribution in [3.05, 3.63) is 11.7 Å². The van der Waals surface area contributed by atoms with E-state index in [2.05, 4.69) is 15.5 Å². The average molecular weight is 293 g/mol. The van der Waals surface area contributed by atoms with Crippen molar-refractivity contribution < 1.29 is 9.26 Å². The topological polar surface area (TPSA) is 60.2 Å². The summed E-state index contributed by atoms with van der Waals surface area (Å²) in [5.41, 5.74) is 0. The fraction of sp³-hybridized carbons (Fsp3) is 0.875. The first-order chi connectivity index (χ1) is 10.4. The van der Waals surface area contributed by atoms with Crippen molar-refractivity contribution in [2.75, 3.05) is 20.2 Å². The molecule has 0 bridgehead atoms. The Morgan fingerprint density at radius 2 is 2.10 bits per heavy atom. The van der Waals surface area contributed by atoms with Crippen molar-refractivity contribution in [1.82, 2.24) is 15.5 Å². The molecular weight excluding hydrogens is 266 g/mol. The van der Waals surface area contributed by atoms with E-state index in [-0.39, 0.29) is 6.10 Å². The van der Waals surface area contributed by atoms with Gasteiger partial charge in [-0.15, -0.1) is 0 Å². The maximum atomic E-state index is 5.68. The van der Waals surface area contributed by atoms with Crippen LogP contribution in [0, 0.1) is 11.8 Å². The second-order valence-corrected chi connectivity index (χ2v) is 6.52. The lowest BCUT2D eigenvalue weighted by Crippen LogP contribution is -2.30. The van der Waals surface area contributed by atoms with Gasteiger partial charge < -0.3 is 14.6 Å². The summed E-state index contributed by atoms with van der Waals surface area (Å²) in [5.74, 6) is 2.70. The Morgan fingerprint density at radius 3 is 2.81 bits per heavy atom. The Kier molecular flexibility index (Phi) is 5.25. The number of nitrogens with one attached hydrogen (secondary N) is 1. The number of ether oxygens (including phenoxy) is 1. The van der Waals surface area contributed by atoms with Gasteiger partial charge in [-0.05, 0) is 50.6 Å². The van der Waals surface area contributed by atoms with Gasteiger partial charge in [0, 0.05) is 13.5 Å². The van der Waals surface area contributed by atoms with Crippen LogP contribution in [0.2, 0.25) is 0 Å². The number of hydrogen-bond acceptors (Lipinski definition) is 5. The summed E-state index contributed by atoms with van der Waals surface area (Å²) in [7, 11) is 1.76. The van der Waals surface area contributed by atoms with Gasteiger partial charge in [-0.25, -0.2) is 0 Å². The van der Waals surface area contributed by atoms with E-state index < -0.39 is 0 Å². The SMILES string of the molecule is COC(c1noc(CC2CCCNC2)n1)C1CCCCC1. The highest BCUT2D eigenvalue weighted by Crippen LogP contribution is 2.35. The van der Waals surface area contributed by atoms with Gasteiger partial charge in [-0.3, -0.25) is 0 Å². The zero-order valence-electron chi connectivity index (χ0n) is 13.0. The highest BCUT2D eigenvalue weighted by Gasteiger charge is 2.29. The quantitative estimate of drug-likeness (QED) is 0.904. The molecule has 5 heteroatoms. The van der Waals surface area contributed by atoms with Gasteiger partial charge in [0.15, 0.2) is 0 Å². The second kappa shape index (κ2) is 7.36. The van der Waals surface area contributed by atoms with Gasteiger partial charge in [-0.2, -0.15) is 4.98 Å². The van der Waals surface area contributed by atoms with Crippen LogP contribution in [-0.4, -0.2) is 30.3 Å². The highest BCUT2D eigenvalue weighted by molar-refractivity contribution is 4.96. The van der Waals surface area contributed by atoms with Crippen molar-refractivity contribution in [1.29, 1.82) is 0 Å². The molecule has 118 valence electrons. The zero-order chi connectivity index (χ0) is 14.5. The molecule has 1 aliphatic heterocycles. The minimum absolute atomic E-state index is 0.00674. The second-order valence-electron chi connectivity index (χ2n) is 6.52. The maximum Gasteiger partial charge on any atom is 0.227 e. The van der Waals surface area contributed by atoms with Gasteiger partial charge in [0.25, 0.3) is 0 Å². The molecule has 0 aromatic carbocycles. The zero-order valence-corrected chi connectivity index (χ0v) is 13.0. The van der Waals surface area contributed by atoms with Crippen molar-refractivity contribution in [3.63, 3.8) is 0 Å². The lowest BCUT2D eigenvalue weighted by Gasteiger charge is -2.26. The largest absolute Gasteiger partial charge is 0.373 e. The molecule has 1 saturated heterocycles. The summed E-state index contributed by atoms with van der Waals surface area (Å²) in [6, 6.07) is 0. The molecule has 0 radical (unpaired) electrons.